The van der Waals surface area contributed by atoms with Gasteiger partial charge in [-0.05, 0) is 5.48 Å². The zero-order valence-electron chi connectivity index (χ0n) is 8.25. The van der Waals surface area contributed by atoms with Crippen LogP contribution in [0.15, 0.2) is 0 Å². The van der Waals surface area contributed by atoms with Crippen LogP contribution in [0.4, 0.5) is 0 Å². The van der Waals surface area contributed by atoms with E-state index in [1.807, 2.05) is 0 Å². The SMILES string of the molecule is CC(=O)N[C@@H]1[C@@H](O)[C@H](O)[C@@H](CO)[O+]2N[C@H]12. The first-order valence-electron chi connectivity index (χ1n) is 4.78. The fourth-order valence-corrected chi connectivity index (χ4v) is 1.96. The van der Waals surface area contributed by atoms with Gasteiger partial charge in [-0.1, -0.05) is 0 Å². The van der Waals surface area contributed by atoms with Gasteiger partial charge >= 0.3 is 6.23 Å². The van der Waals surface area contributed by atoms with Crippen molar-refractivity contribution in [2.45, 2.75) is 37.5 Å². The first-order chi connectivity index (χ1) is 7.06. The molecule has 0 radical (unpaired) electrons. The summed E-state index contributed by atoms with van der Waals surface area (Å²) in [6.07, 6.45) is -3.09. The fraction of sp³-hybridized carbons (Fsp3) is 0.875. The van der Waals surface area contributed by atoms with Gasteiger partial charge in [-0.3, -0.25) is 9.26 Å². The number of carbonyl (C=O) groups excluding carboxylic acids is 1. The van der Waals surface area contributed by atoms with Crippen LogP contribution in [0.5, 0.6) is 0 Å². The number of rotatable bonds is 2. The van der Waals surface area contributed by atoms with Gasteiger partial charge < -0.3 is 20.6 Å². The number of aliphatic hydroxyl groups is 3. The summed E-state index contributed by atoms with van der Waals surface area (Å²) in [6, 6.07) is -0.578. The minimum Gasteiger partial charge on any atom is -0.388 e. The van der Waals surface area contributed by atoms with E-state index in [9.17, 15) is 15.0 Å². The maximum absolute atomic E-state index is 10.9. The Morgan fingerprint density at radius 2 is 2.13 bits per heavy atom. The Kier molecular flexibility index (Phi) is 2.65. The summed E-state index contributed by atoms with van der Waals surface area (Å²) in [6.45, 7) is 1.06. The molecule has 2 heterocycles. The second-order valence-corrected chi connectivity index (χ2v) is 3.84. The summed E-state index contributed by atoms with van der Waals surface area (Å²) in [5, 5.41) is 30.9. The largest absolute Gasteiger partial charge is 0.388 e. The topological polar surface area (TPSA) is 114 Å². The molecule has 86 valence electrons. The smallest absolute Gasteiger partial charge is 0.316 e. The molecule has 2 aliphatic rings. The lowest BCUT2D eigenvalue weighted by molar-refractivity contribution is -0.199. The van der Waals surface area contributed by atoms with Crippen LogP contribution in [-0.4, -0.2) is 58.4 Å². The molecule has 0 aromatic carbocycles. The van der Waals surface area contributed by atoms with Gasteiger partial charge in [0.15, 0.2) is 12.1 Å². The molecular formula is C8H15N2O5+. The molecule has 7 heteroatoms. The Balaban J connectivity index is 2.08. The third kappa shape index (κ3) is 1.72. The monoisotopic (exact) mass is 219 g/mol. The summed E-state index contributed by atoms with van der Waals surface area (Å²) in [4.78, 5) is 10.9. The molecule has 2 aliphatic heterocycles. The van der Waals surface area contributed by atoms with Crippen molar-refractivity contribution in [1.29, 1.82) is 0 Å². The lowest BCUT2D eigenvalue weighted by atomic mass is 9.98. The Labute approximate surface area is 86.3 Å². The van der Waals surface area contributed by atoms with Gasteiger partial charge in [0, 0.05) is 6.92 Å². The summed E-state index contributed by atoms with van der Waals surface area (Å²) in [5.74, 6) is -0.275. The quantitative estimate of drug-likeness (QED) is 0.250. The summed E-state index contributed by atoms with van der Waals surface area (Å²) >= 11 is 0. The highest BCUT2D eigenvalue weighted by Crippen LogP contribution is 2.34. The molecular weight excluding hydrogens is 204 g/mol. The number of hydrogen-bond acceptors (Lipinski definition) is 5. The van der Waals surface area contributed by atoms with Crippen LogP contribution in [0.1, 0.15) is 6.92 Å². The first-order valence-corrected chi connectivity index (χ1v) is 4.78. The molecule has 7 nitrogen and oxygen atoms in total. The summed E-state index contributed by atoms with van der Waals surface area (Å²) in [7, 11) is 0. The van der Waals surface area contributed by atoms with E-state index in [0.717, 1.165) is 0 Å². The van der Waals surface area contributed by atoms with E-state index in [2.05, 4.69) is 15.3 Å². The Bertz CT molecular complexity index is 274. The molecule has 0 aliphatic carbocycles. The van der Waals surface area contributed by atoms with E-state index in [-0.39, 0.29) is 18.7 Å². The molecule has 1 amide bonds. The zero-order chi connectivity index (χ0) is 11.2. The van der Waals surface area contributed by atoms with E-state index < -0.39 is 24.4 Å². The first kappa shape index (κ1) is 10.8. The summed E-state index contributed by atoms with van der Waals surface area (Å²) < 4.78 is 2.46. The highest BCUT2D eigenvalue weighted by molar-refractivity contribution is 5.73. The van der Waals surface area contributed by atoms with Gasteiger partial charge in [0.05, 0.1) is 0 Å². The highest BCUT2D eigenvalue weighted by Gasteiger charge is 2.65. The highest BCUT2D eigenvalue weighted by atomic mass is 17.0. The number of carbonyl (C=O) groups is 1. The fourth-order valence-electron chi connectivity index (χ4n) is 1.96. The Morgan fingerprint density at radius 1 is 1.47 bits per heavy atom. The lowest BCUT2D eigenvalue weighted by Crippen LogP contribution is -2.59. The molecule has 0 aromatic heterocycles. The van der Waals surface area contributed by atoms with Crippen molar-refractivity contribution in [3.63, 3.8) is 0 Å². The number of amides is 1. The third-order valence-electron chi connectivity index (χ3n) is 2.77. The van der Waals surface area contributed by atoms with Gasteiger partial charge in [0.1, 0.15) is 12.7 Å². The molecule has 0 saturated carbocycles. The van der Waals surface area contributed by atoms with Gasteiger partial charge in [0.2, 0.25) is 12.0 Å². The third-order valence-corrected chi connectivity index (χ3v) is 2.77. The number of hydroxylamine groups is 1. The van der Waals surface area contributed by atoms with Crippen LogP contribution in [-0.2, 0) is 9.26 Å². The molecule has 0 spiro atoms. The minimum absolute atomic E-state index is 0.275. The second kappa shape index (κ2) is 3.69. The van der Waals surface area contributed by atoms with Crippen molar-refractivity contribution >= 4 is 5.91 Å². The molecule has 15 heavy (non-hydrogen) atoms. The van der Waals surface area contributed by atoms with Gasteiger partial charge in [-0.15, -0.1) is 0 Å². The standard InChI is InChI=1S/C8H14N2O5/c1-3(12)9-5-7(14)6(13)4(2-11)15-8(5)10-15/h4-8,10-11,13-14H,2H2,1H3/p+1/t4-,5-,6-,7-,8+/m1/s1. The van der Waals surface area contributed by atoms with Crippen LogP contribution < -0.4 is 10.8 Å². The van der Waals surface area contributed by atoms with Gasteiger partial charge in [-0.25, -0.2) is 0 Å². The van der Waals surface area contributed by atoms with Crippen molar-refractivity contribution in [3.05, 3.63) is 0 Å². The van der Waals surface area contributed by atoms with Gasteiger partial charge in [0.25, 0.3) is 0 Å². The van der Waals surface area contributed by atoms with Crippen LogP contribution in [0.25, 0.3) is 0 Å². The number of nitrogens with one attached hydrogen (secondary N) is 2. The maximum atomic E-state index is 10.9. The van der Waals surface area contributed by atoms with Crippen molar-refractivity contribution in [1.82, 2.24) is 10.8 Å². The van der Waals surface area contributed by atoms with Crippen LogP contribution >= 0.6 is 0 Å². The molecule has 5 N–H and O–H groups in total. The molecule has 0 aromatic rings. The molecule has 2 rings (SSSR count). The Morgan fingerprint density at radius 3 is 2.67 bits per heavy atom. The van der Waals surface area contributed by atoms with E-state index >= 15 is 0 Å². The van der Waals surface area contributed by atoms with Gasteiger partial charge in [-0.2, -0.15) is 0 Å². The van der Waals surface area contributed by atoms with E-state index in [4.69, 9.17) is 5.11 Å². The predicted molar refractivity (Wildman–Crippen MR) is 48.5 cm³/mol. The number of fused-ring (bicyclic) bond motifs is 1. The van der Waals surface area contributed by atoms with Crippen LogP contribution in [0.3, 0.4) is 0 Å². The second-order valence-electron chi connectivity index (χ2n) is 3.84. The van der Waals surface area contributed by atoms with Crippen molar-refractivity contribution in [2.24, 2.45) is 0 Å². The van der Waals surface area contributed by atoms with E-state index in [0.29, 0.717) is 0 Å². The van der Waals surface area contributed by atoms with E-state index in [1.165, 1.54) is 6.92 Å². The van der Waals surface area contributed by atoms with E-state index in [1.54, 1.807) is 0 Å². The molecule has 5 atom stereocenters. The molecule has 0 bridgehead atoms. The minimum atomic E-state index is -1.11. The van der Waals surface area contributed by atoms with Crippen LogP contribution in [0.2, 0.25) is 0 Å². The predicted octanol–water partition coefficient (Wildman–Crippen LogP) is -3.02. The molecule has 0 unspecified atom stereocenters. The average Bonchev–Trinajstić information content (AvgIpc) is 2.92. The van der Waals surface area contributed by atoms with Crippen LogP contribution in [0, 0.1) is 0 Å². The lowest BCUT2D eigenvalue weighted by Gasteiger charge is -2.30. The maximum Gasteiger partial charge on any atom is 0.316 e. The Hall–Kier alpha value is -0.730. The summed E-state index contributed by atoms with van der Waals surface area (Å²) in [5.41, 5.74) is 2.80. The molecule has 2 fully saturated rings. The molecule has 2 saturated heterocycles. The van der Waals surface area contributed by atoms with Crippen molar-refractivity contribution in [2.75, 3.05) is 6.61 Å². The zero-order valence-corrected chi connectivity index (χ0v) is 8.25. The van der Waals surface area contributed by atoms with Crippen molar-refractivity contribution < 1.29 is 24.6 Å². The normalized spacial score (nSPS) is 44.7. The van der Waals surface area contributed by atoms with Crippen molar-refractivity contribution in [3.8, 4) is 0 Å². The number of aliphatic hydroxyl groups excluding tert-OH is 3. The number of hydrogen-bond donors (Lipinski definition) is 5. The average molecular weight is 219 g/mol.